The molecule has 1 amide bonds. The van der Waals surface area contributed by atoms with E-state index in [1.165, 1.54) is 18.1 Å². The van der Waals surface area contributed by atoms with Crippen LogP contribution in [0.3, 0.4) is 0 Å². The van der Waals surface area contributed by atoms with Gasteiger partial charge in [-0.3, -0.25) is 14.5 Å². The zero-order valence-electron chi connectivity index (χ0n) is 19.8. The molecule has 1 fully saturated rings. The van der Waals surface area contributed by atoms with Gasteiger partial charge in [0.2, 0.25) is 0 Å². The van der Waals surface area contributed by atoms with Crippen molar-refractivity contribution in [1.82, 2.24) is 4.98 Å². The zero-order valence-corrected chi connectivity index (χ0v) is 20.6. The molecule has 2 N–H and O–H groups in total. The number of halogens is 1. The Labute approximate surface area is 212 Å². The summed E-state index contributed by atoms with van der Waals surface area (Å²) < 4.78 is 10.5. The van der Waals surface area contributed by atoms with Crippen LogP contribution in [0.4, 0.5) is 5.69 Å². The lowest BCUT2D eigenvalue weighted by Crippen LogP contribution is -2.29. The lowest BCUT2D eigenvalue weighted by molar-refractivity contribution is -0.132. The van der Waals surface area contributed by atoms with Crippen LogP contribution in [0.2, 0.25) is 5.02 Å². The number of rotatable bonds is 5. The second-order valence-electron chi connectivity index (χ2n) is 8.43. The number of nitrogens with zero attached hydrogens (tertiary/aromatic N) is 1. The number of hydrogen-bond donors (Lipinski definition) is 2. The van der Waals surface area contributed by atoms with Gasteiger partial charge in [0.15, 0.2) is 0 Å². The molecule has 182 valence electrons. The summed E-state index contributed by atoms with van der Waals surface area (Å²) in [5.41, 5.74) is 3.16. The Morgan fingerprint density at radius 3 is 2.42 bits per heavy atom. The van der Waals surface area contributed by atoms with E-state index in [1.807, 2.05) is 31.2 Å². The number of aromatic amines is 1. The lowest BCUT2D eigenvalue weighted by Gasteiger charge is -2.26. The summed E-state index contributed by atoms with van der Waals surface area (Å²) in [5.74, 6) is -0.883. The molecule has 4 aromatic rings. The maximum absolute atomic E-state index is 13.5. The second-order valence-corrected chi connectivity index (χ2v) is 8.83. The van der Waals surface area contributed by atoms with E-state index in [0.717, 1.165) is 22.2 Å². The highest BCUT2D eigenvalue weighted by Crippen LogP contribution is 2.46. The number of carbonyl (C=O) groups is 2. The SMILES string of the molecule is COc1ccc(N2C(=O)C(=O)/C(=C(/O)c3ccc(Cl)c(OC)c3)C2c2c(C)[nH]c3ccccc23)cc1. The largest absolute Gasteiger partial charge is 0.507 e. The minimum Gasteiger partial charge on any atom is -0.507 e. The summed E-state index contributed by atoms with van der Waals surface area (Å²) in [6.07, 6.45) is 0. The molecule has 1 aromatic heterocycles. The van der Waals surface area contributed by atoms with Crippen LogP contribution in [0.25, 0.3) is 16.7 Å². The quantitative estimate of drug-likeness (QED) is 0.205. The van der Waals surface area contributed by atoms with Gasteiger partial charge in [0.05, 0.1) is 30.9 Å². The fourth-order valence-electron chi connectivity index (χ4n) is 4.73. The Hall–Kier alpha value is -4.23. The molecular formula is C28H23ClN2O5. The number of ketones is 1. The third-order valence-corrected chi connectivity index (χ3v) is 6.75. The van der Waals surface area contributed by atoms with E-state index in [4.69, 9.17) is 21.1 Å². The van der Waals surface area contributed by atoms with E-state index >= 15 is 0 Å². The van der Waals surface area contributed by atoms with Gasteiger partial charge in [-0.15, -0.1) is 0 Å². The van der Waals surface area contributed by atoms with Crippen molar-refractivity contribution in [3.63, 3.8) is 0 Å². The highest BCUT2D eigenvalue weighted by atomic mass is 35.5. The van der Waals surface area contributed by atoms with Crippen LogP contribution in [0.1, 0.15) is 22.9 Å². The topological polar surface area (TPSA) is 91.9 Å². The van der Waals surface area contributed by atoms with Crippen molar-refractivity contribution in [2.45, 2.75) is 13.0 Å². The summed E-state index contributed by atoms with van der Waals surface area (Å²) >= 11 is 6.17. The minimum absolute atomic E-state index is 0.0203. The molecule has 0 spiro atoms. The molecule has 1 aliphatic heterocycles. The van der Waals surface area contributed by atoms with Gasteiger partial charge in [-0.1, -0.05) is 29.8 Å². The van der Waals surface area contributed by atoms with E-state index in [2.05, 4.69) is 4.98 Å². The molecular weight excluding hydrogens is 480 g/mol. The number of amides is 1. The molecule has 1 unspecified atom stereocenters. The predicted molar refractivity (Wildman–Crippen MR) is 139 cm³/mol. The number of anilines is 1. The summed E-state index contributed by atoms with van der Waals surface area (Å²) in [6.45, 7) is 1.88. The van der Waals surface area contributed by atoms with Crippen molar-refractivity contribution in [1.29, 1.82) is 0 Å². The van der Waals surface area contributed by atoms with Crippen LogP contribution < -0.4 is 14.4 Å². The number of H-pyrrole nitrogens is 1. The van der Waals surface area contributed by atoms with Gasteiger partial charge < -0.3 is 19.6 Å². The van der Waals surface area contributed by atoms with Gasteiger partial charge >= 0.3 is 0 Å². The van der Waals surface area contributed by atoms with Crippen LogP contribution in [0.15, 0.2) is 72.3 Å². The molecule has 0 saturated carbocycles. The average Bonchev–Trinajstić information content (AvgIpc) is 3.36. The maximum Gasteiger partial charge on any atom is 0.300 e. The lowest BCUT2D eigenvalue weighted by atomic mass is 9.93. The first-order valence-corrected chi connectivity index (χ1v) is 11.6. The summed E-state index contributed by atoms with van der Waals surface area (Å²) in [4.78, 5) is 31.7. The third-order valence-electron chi connectivity index (χ3n) is 6.44. The molecule has 1 saturated heterocycles. The van der Waals surface area contributed by atoms with Crippen LogP contribution >= 0.6 is 11.6 Å². The highest BCUT2D eigenvalue weighted by molar-refractivity contribution is 6.52. The van der Waals surface area contributed by atoms with Crippen molar-refractivity contribution >= 4 is 45.6 Å². The summed E-state index contributed by atoms with van der Waals surface area (Å²) in [6, 6.07) is 18.3. The van der Waals surface area contributed by atoms with Crippen LogP contribution in [0, 0.1) is 6.92 Å². The number of hydrogen-bond acceptors (Lipinski definition) is 5. The number of ether oxygens (including phenoxy) is 2. The molecule has 2 heterocycles. The molecule has 7 nitrogen and oxygen atoms in total. The van der Waals surface area contributed by atoms with E-state index in [1.54, 1.807) is 43.5 Å². The smallest absolute Gasteiger partial charge is 0.300 e. The monoisotopic (exact) mass is 502 g/mol. The Balaban J connectivity index is 1.79. The standard InChI is InChI=1S/C28H23ClN2O5/c1-15-23(19-6-4-5-7-21(19)30-15)25-24(26(32)16-8-13-20(29)22(14-16)36-3)27(33)28(34)31(25)17-9-11-18(35-2)12-10-17/h4-14,25,30,32H,1-3H3/b26-24+. The van der Waals surface area contributed by atoms with Gasteiger partial charge in [0, 0.05) is 33.4 Å². The maximum atomic E-state index is 13.5. The summed E-state index contributed by atoms with van der Waals surface area (Å²) in [7, 11) is 3.01. The second kappa shape index (κ2) is 9.09. The highest BCUT2D eigenvalue weighted by Gasteiger charge is 2.48. The van der Waals surface area contributed by atoms with Crippen LogP contribution in [-0.2, 0) is 9.59 Å². The fourth-order valence-corrected chi connectivity index (χ4v) is 4.92. The number of methoxy groups -OCH3 is 2. The number of fused-ring (bicyclic) bond motifs is 1. The first-order chi connectivity index (χ1) is 17.3. The predicted octanol–water partition coefficient (Wildman–Crippen LogP) is 5.77. The zero-order chi connectivity index (χ0) is 25.6. The molecule has 8 heteroatoms. The number of carbonyl (C=O) groups excluding carboxylic acids is 2. The van der Waals surface area contributed by atoms with Gasteiger partial charge in [0.25, 0.3) is 11.7 Å². The normalized spacial score (nSPS) is 17.1. The van der Waals surface area contributed by atoms with Gasteiger partial charge in [-0.25, -0.2) is 0 Å². The molecule has 1 aliphatic rings. The first-order valence-electron chi connectivity index (χ1n) is 11.2. The average molecular weight is 503 g/mol. The Kier molecular flexibility index (Phi) is 5.94. The van der Waals surface area contributed by atoms with Gasteiger partial charge in [-0.2, -0.15) is 0 Å². The molecule has 36 heavy (non-hydrogen) atoms. The number of aliphatic hydroxyl groups excluding tert-OH is 1. The van der Waals surface area contributed by atoms with Gasteiger partial charge in [0.1, 0.15) is 17.3 Å². The van der Waals surface area contributed by atoms with Crippen molar-refractivity contribution in [3.8, 4) is 11.5 Å². The molecule has 5 rings (SSSR count). The van der Waals surface area contributed by atoms with Crippen LogP contribution in [-0.4, -0.2) is 36.0 Å². The molecule has 0 bridgehead atoms. The number of aliphatic hydroxyl groups is 1. The number of Topliss-reactive ketones (excluding diaryl/α,β-unsaturated/α-hetero) is 1. The fraction of sp³-hybridized carbons (Fsp3) is 0.143. The van der Waals surface area contributed by atoms with Crippen molar-refractivity contribution in [2.24, 2.45) is 0 Å². The Morgan fingerprint density at radius 2 is 1.72 bits per heavy atom. The van der Waals surface area contributed by atoms with E-state index in [9.17, 15) is 14.7 Å². The number of para-hydroxylation sites is 1. The minimum atomic E-state index is -0.879. The molecule has 3 aromatic carbocycles. The number of aryl methyl sites for hydroxylation is 1. The van der Waals surface area contributed by atoms with Crippen molar-refractivity contribution < 1.29 is 24.2 Å². The van der Waals surface area contributed by atoms with Crippen molar-refractivity contribution in [3.05, 3.63) is 94.1 Å². The van der Waals surface area contributed by atoms with Crippen LogP contribution in [0.5, 0.6) is 11.5 Å². The molecule has 1 atom stereocenters. The van der Waals surface area contributed by atoms with E-state index in [0.29, 0.717) is 27.8 Å². The van der Waals surface area contributed by atoms with Crippen molar-refractivity contribution in [2.75, 3.05) is 19.1 Å². The number of benzene rings is 3. The number of nitrogens with one attached hydrogen (secondary N) is 1. The molecule has 0 aliphatic carbocycles. The molecule has 0 radical (unpaired) electrons. The number of aromatic nitrogens is 1. The van der Waals surface area contributed by atoms with E-state index in [-0.39, 0.29) is 11.3 Å². The first kappa shape index (κ1) is 23.5. The Bertz CT molecular complexity index is 1540. The Morgan fingerprint density at radius 1 is 1.00 bits per heavy atom. The third kappa shape index (κ3) is 3.69. The summed E-state index contributed by atoms with van der Waals surface area (Å²) in [5, 5.41) is 12.7. The van der Waals surface area contributed by atoms with E-state index < -0.39 is 17.7 Å². The van der Waals surface area contributed by atoms with Gasteiger partial charge in [-0.05, 0) is 55.5 Å².